The van der Waals surface area contributed by atoms with E-state index in [9.17, 15) is 4.79 Å². The van der Waals surface area contributed by atoms with Gasteiger partial charge in [-0.25, -0.2) is 5.48 Å². The number of amides is 1. The predicted octanol–water partition coefficient (Wildman–Crippen LogP) is 4.73. The van der Waals surface area contributed by atoms with Crippen LogP contribution in [-0.4, -0.2) is 16.1 Å². The summed E-state index contributed by atoms with van der Waals surface area (Å²) in [6, 6.07) is 13.3. The number of hydrogen-bond acceptors (Lipinski definition) is 2. The van der Waals surface area contributed by atoms with Crippen molar-refractivity contribution in [1.29, 1.82) is 0 Å². The number of benzene rings is 2. The van der Waals surface area contributed by atoms with Gasteiger partial charge in [0.25, 0.3) is 5.91 Å². The molecule has 0 unspecified atom stereocenters. The van der Waals surface area contributed by atoms with Crippen LogP contribution >= 0.6 is 11.6 Å². The molecule has 1 aromatic heterocycles. The minimum atomic E-state index is -0.555. The lowest BCUT2D eigenvalue weighted by Crippen LogP contribution is -2.18. The highest BCUT2D eigenvalue weighted by molar-refractivity contribution is 6.38. The molecule has 3 rings (SSSR count). The van der Waals surface area contributed by atoms with Crippen molar-refractivity contribution in [3.63, 3.8) is 0 Å². The SMILES string of the molecule is CC(C)c1ccc(-c2[nH]c3cc(C(=O)NO)ccc3c2Cl)cc1. The maximum Gasteiger partial charge on any atom is 0.274 e. The van der Waals surface area contributed by atoms with Crippen LogP contribution in [0.25, 0.3) is 22.2 Å². The summed E-state index contributed by atoms with van der Waals surface area (Å²) in [5.41, 5.74) is 5.81. The van der Waals surface area contributed by atoms with Gasteiger partial charge in [0.15, 0.2) is 0 Å². The van der Waals surface area contributed by atoms with E-state index >= 15 is 0 Å². The molecule has 5 heteroatoms. The molecule has 0 spiro atoms. The summed E-state index contributed by atoms with van der Waals surface area (Å²) >= 11 is 6.48. The second kappa shape index (κ2) is 6.07. The van der Waals surface area contributed by atoms with Crippen molar-refractivity contribution < 1.29 is 10.0 Å². The summed E-state index contributed by atoms with van der Waals surface area (Å²) in [5.74, 6) is -0.0813. The number of H-pyrrole nitrogens is 1. The first-order valence-corrected chi connectivity index (χ1v) is 7.75. The highest BCUT2D eigenvalue weighted by Crippen LogP contribution is 2.35. The Hall–Kier alpha value is -2.30. The average Bonchev–Trinajstić information content (AvgIpc) is 2.90. The lowest BCUT2D eigenvalue weighted by Gasteiger charge is -2.06. The van der Waals surface area contributed by atoms with Crippen LogP contribution in [0.2, 0.25) is 5.02 Å². The fourth-order valence-electron chi connectivity index (χ4n) is 2.60. The van der Waals surface area contributed by atoms with Crippen LogP contribution in [0.1, 0.15) is 35.7 Å². The second-order valence-electron chi connectivity index (χ2n) is 5.79. The van der Waals surface area contributed by atoms with E-state index in [-0.39, 0.29) is 0 Å². The molecule has 0 aliphatic carbocycles. The number of carbonyl (C=O) groups excluding carboxylic acids is 1. The van der Waals surface area contributed by atoms with E-state index in [1.807, 2.05) is 12.1 Å². The first kappa shape index (κ1) is 15.6. The van der Waals surface area contributed by atoms with Crippen molar-refractivity contribution in [2.75, 3.05) is 0 Å². The number of nitrogens with one attached hydrogen (secondary N) is 2. The van der Waals surface area contributed by atoms with E-state index in [1.54, 1.807) is 23.7 Å². The zero-order chi connectivity index (χ0) is 16.6. The maximum absolute atomic E-state index is 11.5. The van der Waals surface area contributed by atoms with Crippen LogP contribution in [0, 0.1) is 0 Å². The molecule has 0 atom stereocenters. The molecule has 0 aliphatic rings. The van der Waals surface area contributed by atoms with Gasteiger partial charge in [-0.3, -0.25) is 10.0 Å². The number of hydrogen-bond donors (Lipinski definition) is 3. The van der Waals surface area contributed by atoms with Gasteiger partial charge in [-0.05, 0) is 29.2 Å². The summed E-state index contributed by atoms with van der Waals surface area (Å²) in [5, 5.41) is 10.2. The van der Waals surface area contributed by atoms with Gasteiger partial charge in [-0.2, -0.15) is 0 Å². The highest BCUT2D eigenvalue weighted by Gasteiger charge is 2.14. The molecule has 0 saturated heterocycles. The van der Waals surface area contributed by atoms with Crippen LogP contribution in [0.3, 0.4) is 0 Å². The smallest absolute Gasteiger partial charge is 0.274 e. The van der Waals surface area contributed by atoms with Crippen LogP contribution < -0.4 is 5.48 Å². The Kier molecular flexibility index (Phi) is 4.11. The molecular formula is C18H17ClN2O2. The minimum Gasteiger partial charge on any atom is -0.353 e. The van der Waals surface area contributed by atoms with Gasteiger partial charge in [0.2, 0.25) is 0 Å². The monoisotopic (exact) mass is 328 g/mol. The van der Waals surface area contributed by atoms with E-state index in [4.69, 9.17) is 16.8 Å². The number of hydroxylamine groups is 1. The first-order chi connectivity index (χ1) is 11.0. The minimum absolute atomic E-state index is 0.361. The third-order valence-corrected chi connectivity index (χ3v) is 4.36. The molecule has 0 radical (unpaired) electrons. The molecule has 1 heterocycles. The Balaban J connectivity index is 2.07. The van der Waals surface area contributed by atoms with E-state index in [1.165, 1.54) is 5.56 Å². The van der Waals surface area contributed by atoms with Crippen molar-refractivity contribution in [1.82, 2.24) is 10.5 Å². The molecule has 4 nitrogen and oxygen atoms in total. The van der Waals surface area contributed by atoms with Gasteiger partial charge in [0.05, 0.1) is 10.7 Å². The van der Waals surface area contributed by atoms with E-state index in [2.05, 4.69) is 31.0 Å². The summed E-state index contributed by atoms with van der Waals surface area (Å²) in [6.07, 6.45) is 0. The highest BCUT2D eigenvalue weighted by atomic mass is 35.5. The normalized spacial score (nSPS) is 11.2. The fourth-order valence-corrected chi connectivity index (χ4v) is 2.92. The van der Waals surface area contributed by atoms with Crippen molar-refractivity contribution in [3.05, 3.63) is 58.6 Å². The molecule has 0 saturated carbocycles. The Labute approximate surface area is 139 Å². The van der Waals surface area contributed by atoms with E-state index in [0.29, 0.717) is 16.5 Å². The Bertz CT molecular complexity index is 867. The third kappa shape index (κ3) is 2.83. The zero-order valence-corrected chi connectivity index (χ0v) is 13.6. The fraction of sp³-hybridized carbons (Fsp3) is 0.167. The molecule has 1 amide bonds. The zero-order valence-electron chi connectivity index (χ0n) is 12.9. The van der Waals surface area contributed by atoms with Crippen molar-refractivity contribution >= 4 is 28.4 Å². The molecule has 3 aromatic rings. The van der Waals surface area contributed by atoms with Crippen LogP contribution in [-0.2, 0) is 0 Å². The second-order valence-corrected chi connectivity index (χ2v) is 6.17. The van der Waals surface area contributed by atoms with Crippen LogP contribution in [0.4, 0.5) is 0 Å². The molecule has 0 fully saturated rings. The lowest BCUT2D eigenvalue weighted by atomic mass is 10.0. The largest absolute Gasteiger partial charge is 0.353 e. The van der Waals surface area contributed by atoms with Gasteiger partial charge in [-0.15, -0.1) is 0 Å². The van der Waals surface area contributed by atoms with E-state index in [0.717, 1.165) is 22.2 Å². The molecule has 3 N–H and O–H groups in total. The molecule has 0 aliphatic heterocycles. The Morgan fingerprint density at radius 1 is 1.17 bits per heavy atom. The van der Waals surface area contributed by atoms with Crippen molar-refractivity contribution in [2.45, 2.75) is 19.8 Å². The van der Waals surface area contributed by atoms with Crippen molar-refractivity contribution in [2.24, 2.45) is 0 Å². The summed E-state index contributed by atoms with van der Waals surface area (Å²) in [7, 11) is 0. The quantitative estimate of drug-likeness (QED) is 0.480. The van der Waals surface area contributed by atoms with Gasteiger partial charge in [0, 0.05) is 16.5 Å². The summed E-state index contributed by atoms with van der Waals surface area (Å²) in [6.45, 7) is 4.30. The van der Waals surface area contributed by atoms with Crippen molar-refractivity contribution in [3.8, 4) is 11.3 Å². The molecule has 23 heavy (non-hydrogen) atoms. The van der Waals surface area contributed by atoms with E-state index < -0.39 is 5.91 Å². The van der Waals surface area contributed by atoms with Gasteiger partial charge < -0.3 is 4.98 Å². The Morgan fingerprint density at radius 3 is 2.48 bits per heavy atom. The maximum atomic E-state index is 11.5. The number of rotatable bonds is 3. The third-order valence-electron chi connectivity index (χ3n) is 3.96. The standard InChI is InChI=1S/C18H17ClN2O2/c1-10(2)11-3-5-12(6-4-11)17-16(19)14-8-7-13(18(22)21-23)9-15(14)20-17/h3-10,20,23H,1-2H3,(H,21,22). The summed E-state index contributed by atoms with van der Waals surface area (Å²) in [4.78, 5) is 14.8. The van der Waals surface area contributed by atoms with Gasteiger partial charge in [0.1, 0.15) is 0 Å². The predicted molar refractivity (Wildman–Crippen MR) is 92.1 cm³/mol. The van der Waals surface area contributed by atoms with Gasteiger partial charge in [-0.1, -0.05) is 55.8 Å². The molecule has 118 valence electrons. The van der Waals surface area contributed by atoms with Crippen LogP contribution in [0.5, 0.6) is 0 Å². The molecular weight excluding hydrogens is 312 g/mol. The van der Waals surface area contributed by atoms with Gasteiger partial charge >= 0.3 is 0 Å². The Morgan fingerprint density at radius 2 is 1.87 bits per heavy atom. The molecule has 2 aromatic carbocycles. The number of halogens is 1. The lowest BCUT2D eigenvalue weighted by molar-refractivity contribution is 0.0706. The number of aromatic nitrogens is 1. The number of aromatic amines is 1. The molecule has 0 bridgehead atoms. The summed E-state index contributed by atoms with van der Waals surface area (Å²) < 4.78 is 0. The number of carbonyl (C=O) groups is 1. The topological polar surface area (TPSA) is 65.1 Å². The first-order valence-electron chi connectivity index (χ1n) is 7.37. The average molecular weight is 329 g/mol. The number of fused-ring (bicyclic) bond motifs is 1. The van der Waals surface area contributed by atoms with Crippen LogP contribution in [0.15, 0.2) is 42.5 Å².